The highest BCUT2D eigenvalue weighted by molar-refractivity contribution is 5.90. The van der Waals surface area contributed by atoms with Crippen LogP contribution in [0.5, 0.6) is 0 Å². The van der Waals surface area contributed by atoms with Gasteiger partial charge in [0.1, 0.15) is 5.82 Å². The molecule has 6 nitrogen and oxygen atoms in total. The van der Waals surface area contributed by atoms with E-state index < -0.39 is 5.97 Å². The average molecular weight is 266 g/mol. The number of aromatic nitrogens is 1. The van der Waals surface area contributed by atoms with Crippen molar-refractivity contribution in [2.75, 3.05) is 32.7 Å². The molecule has 0 atom stereocenters. The maximum Gasteiger partial charge on any atom is 0.339 e. The Labute approximate surface area is 112 Å². The van der Waals surface area contributed by atoms with E-state index in [0.717, 1.165) is 0 Å². The molecule has 0 N–H and O–H groups in total. The zero-order valence-electron chi connectivity index (χ0n) is 11.6. The molecule has 6 heteroatoms. The predicted molar refractivity (Wildman–Crippen MR) is 70.2 cm³/mol. The minimum absolute atomic E-state index is 0.269. The number of rotatable bonds is 5. The molecule has 0 saturated carbocycles. The number of carbonyl (C=O) groups excluding carboxylic acids is 2. The molecular formula is C13H18N2O4. The van der Waals surface area contributed by atoms with Crippen molar-refractivity contribution >= 4 is 17.8 Å². The zero-order chi connectivity index (χ0) is 14.4. The first-order valence-electron chi connectivity index (χ1n) is 5.83. The van der Waals surface area contributed by atoms with Crippen LogP contribution in [0.1, 0.15) is 22.5 Å². The first-order chi connectivity index (χ1) is 8.99. The molecular weight excluding hydrogens is 248 g/mol. The van der Waals surface area contributed by atoms with Crippen molar-refractivity contribution in [2.24, 2.45) is 0 Å². The van der Waals surface area contributed by atoms with E-state index in [1.54, 1.807) is 19.1 Å². The second kappa shape index (κ2) is 6.72. The third-order valence-electron chi connectivity index (χ3n) is 2.75. The fourth-order valence-electron chi connectivity index (χ4n) is 1.56. The molecule has 1 aromatic heterocycles. The fraction of sp³-hybridized carbons (Fsp3) is 0.462. The molecule has 1 heterocycles. The Kier molecular flexibility index (Phi) is 5.29. The van der Waals surface area contributed by atoms with Crippen LogP contribution in [-0.2, 0) is 14.3 Å². The van der Waals surface area contributed by atoms with E-state index >= 15 is 0 Å². The summed E-state index contributed by atoms with van der Waals surface area (Å²) in [6, 6.07) is 3.38. The number of pyridine rings is 1. The number of hydrogen-bond donors (Lipinski definition) is 0. The van der Waals surface area contributed by atoms with Gasteiger partial charge in [0.25, 0.3) is 0 Å². The van der Waals surface area contributed by atoms with Crippen LogP contribution in [0.4, 0.5) is 5.82 Å². The standard InChI is InChI=1S/C13H18N2O4/c1-9-10(13(17)19-4)5-6-11(14-9)15(2)8-7-12(16)18-3/h5-6H,7-8H2,1-4H3. The van der Waals surface area contributed by atoms with Gasteiger partial charge in [0.05, 0.1) is 31.9 Å². The van der Waals surface area contributed by atoms with Crippen LogP contribution in [0, 0.1) is 6.92 Å². The van der Waals surface area contributed by atoms with E-state index in [1.165, 1.54) is 14.2 Å². The monoisotopic (exact) mass is 266 g/mol. The number of ether oxygens (including phenoxy) is 2. The topological polar surface area (TPSA) is 68.7 Å². The molecule has 0 unspecified atom stereocenters. The molecule has 0 fully saturated rings. The molecule has 0 radical (unpaired) electrons. The van der Waals surface area contributed by atoms with E-state index in [4.69, 9.17) is 0 Å². The number of carbonyl (C=O) groups is 2. The largest absolute Gasteiger partial charge is 0.469 e. The van der Waals surface area contributed by atoms with Gasteiger partial charge in [0.15, 0.2) is 0 Å². The molecule has 0 aliphatic heterocycles. The summed E-state index contributed by atoms with van der Waals surface area (Å²) in [6.45, 7) is 2.24. The summed E-state index contributed by atoms with van der Waals surface area (Å²) in [7, 11) is 4.51. The Balaban J connectivity index is 2.77. The van der Waals surface area contributed by atoms with Crippen molar-refractivity contribution < 1.29 is 19.1 Å². The Morgan fingerprint density at radius 2 is 1.95 bits per heavy atom. The predicted octanol–water partition coefficient (Wildman–Crippen LogP) is 1.18. The summed E-state index contributed by atoms with van der Waals surface area (Å²) in [6.07, 6.45) is 0.284. The summed E-state index contributed by atoms with van der Waals surface area (Å²) in [5.74, 6) is 0.0116. The van der Waals surface area contributed by atoms with Gasteiger partial charge in [-0.2, -0.15) is 0 Å². The fourth-order valence-corrected chi connectivity index (χ4v) is 1.56. The number of anilines is 1. The quantitative estimate of drug-likeness (QED) is 0.745. The summed E-state index contributed by atoms with van der Waals surface area (Å²) >= 11 is 0. The van der Waals surface area contributed by atoms with Crippen LogP contribution in [0.2, 0.25) is 0 Å². The number of aryl methyl sites for hydroxylation is 1. The second-order valence-electron chi connectivity index (χ2n) is 4.04. The minimum Gasteiger partial charge on any atom is -0.469 e. The molecule has 19 heavy (non-hydrogen) atoms. The van der Waals surface area contributed by atoms with Crippen molar-refractivity contribution in [3.63, 3.8) is 0 Å². The zero-order valence-corrected chi connectivity index (χ0v) is 11.6. The van der Waals surface area contributed by atoms with Crippen molar-refractivity contribution in [3.8, 4) is 0 Å². The van der Waals surface area contributed by atoms with E-state index in [9.17, 15) is 9.59 Å². The molecule has 0 spiro atoms. The van der Waals surface area contributed by atoms with Gasteiger partial charge in [-0.1, -0.05) is 0 Å². The van der Waals surface area contributed by atoms with Gasteiger partial charge < -0.3 is 14.4 Å². The third-order valence-corrected chi connectivity index (χ3v) is 2.75. The SMILES string of the molecule is COC(=O)CCN(C)c1ccc(C(=O)OC)c(C)n1. The van der Waals surface area contributed by atoms with Crippen LogP contribution >= 0.6 is 0 Å². The number of nitrogens with zero attached hydrogens (tertiary/aromatic N) is 2. The van der Waals surface area contributed by atoms with Crippen LogP contribution in [-0.4, -0.2) is 44.7 Å². The van der Waals surface area contributed by atoms with E-state index in [-0.39, 0.29) is 12.4 Å². The van der Waals surface area contributed by atoms with Gasteiger partial charge in [0, 0.05) is 13.6 Å². The van der Waals surface area contributed by atoms with Gasteiger partial charge >= 0.3 is 11.9 Å². The molecule has 1 rings (SSSR count). The van der Waals surface area contributed by atoms with E-state index in [2.05, 4.69) is 14.5 Å². The van der Waals surface area contributed by atoms with E-state index in [0.29, 0.717) is 23.6 Å². The summed E-state index contributed by atoms with van der Waals surface area (Å²) in [4.78, 5) is 28.6. The molecule has 0 amide bonds. The average Bonchev–Trinajstić information content (AvgIpc) is 2.43. The summed E-state index contributed by atoms with van der Waals surface area (Å²) in [5.41, 5.74) is 1.03. The van der Waals surface area contributed by atoms with Gasteiger partial charge in [-0.15, -0.1) is 0 Å². The normalized spacial score (nSPS) is 9.89. The molecule has 0 aromatic carbocycles. The van der Waals surface area contributed by atoms with Crippen LogP contribution in [0.25, 0.3) is 0 Å². The first-order valence-corrected chi connectivity index (χ1v) is 5.83. The number of esters is 2. The van der Waals surface area contributed by atoms with Crippen LogP contribution in [0.3, 0.4) is 0 Å². The van der Waals surface area contributed by atoms with Gasteiger partial charge in [-0.25, -0.2) is 9.78 Å². The molecule has 0 aliphatic carbocycles. The van der Waals surface area contributed by atoms with E-state index in [1.807, 2.05) is 11.9 Å². The van der Waals surface area contributed by atoms with Crippen molar-refractivity contribution in [3.05, 3.63) is 23.4 Å². The van der Waals surface area contributed by atoms with Gasteiger partial charge in [0.2, 0.25) is 0 Å². The lowest BCUT2D eigenvalue weighted by Crippen LogP contribution is -2.23. The second-order valence-corrected chi connectivity index (χ2v) is 4.04. The molecule has 104 valence electrons. The lowest BCUT2D eigenvalue weighted by molar-refractivity contribution is -0.140. The Morgan fingerprint density at radius 3 is 2.47 bits per heavy atom. The number of hydrogen-bond acceptors (Lipinski definition) is 6. The summed E-state index contributed by atoms with van der Waals surface area (Å²) < 4.78 is 9.24. The first kappa shape index (κ1) is 14.9. The lowest BCUT2D eigenvalue weighted by atomic mass is 10.2. The highest BCUT2D eigenvalue weighted by Crippen LogP contribution is 2.14. The summed E-state index contributed by atoms with van der Waals surface area (Å²) in [5, 5.41) is 0. The third kappa shape index (κ3) is 3.94. The molecule has 1 aromatic rings. The molecule has 0 aliphatic rings. The Morgan fingerprint density at radius 1 is 1.26 bits per heavy atom. The van der Waals surface area contributed by atoms with Crippen LogP contribution < -0.4 is 4.90 Å². The minimum atomic E-state index is -0.409. The van der Waals surface area contributed by atoms with Crippen LogP contribution in [0.15, 0.2) is 12.1 Å². The Bertz CT molecular complexity index is 474. The number of methoxy groups -OCH3 is 2. The van der Waals surface area contributed by atoms with Crippen molar-refractivity contribution in [1.82, 2.24) is 4.98 Å². The smallest absolute Gasteiger partial charge is 0.339 e. The maximum atomic E-state index is 11.4. The van der Waals surface area contributed by atoms with Gasteiger partial charge in [-0.05, 0) is 19.1 Å². The highest BCUT2D eigenvalue weighted by atomic mass is 16.5. The molecule has 0 bridgehead atoms. The molecule has 0 saturated heterocycles. The lowest BCUT2D eigenvalue weighted by Gasteiger charge is -2.18. The maximum absolute atomic E-state index is 11.4. The van der Waals surface area contributed by atoms with Crippen molar-refractivity contribution in [2.45, 2.75) is 13.3 Å². The van der Waals surface area contributed by atoms with Crippen molar-refractivity contribution in [1.29, 1.82) is 0 Å². The van der Waals surface area contributed by atoms with Gasteiger partial charge in [-0.3, -0.25) is 4.79 Å². The Hall–Kier alpha value is -2.11. The highest BCUT2D eigenvalue weighted by Gasteiger charge is 2.12.